The Balaban J connectivity index is 1.57. The van der Waals surface area contributed by atoms with Gasteiger partial charge in [0.05, 0.1) is 11.8 Å². The molecule has 6 nitrogen and oxygen atoms in total. The molecule has 0 spiro atoms. The molecule has 2 saturated heterocycles. The number of furan rings is 1. The van der Waals surface area contributed by atoms with Gasteiger partial charge in [0.1, 0.15) is 18.6 Å². The van der Waals surface area contributed by atoms with Crippen LogP contribution in [-0.4, -0.2) is 40.7 Å². The average molecular weight is 311 g/mol. The molecule has 0 aliphatic carbocycles. The van der Waals surface area contributed by atoms with E-state index < -0.39 is 0 Å². The van der Waals surface area contributed by atoms with Crippen molar-refractivity contribution in [2.75, 3.05) is 6.61 Å². The molecular weight excluding hydrogens is 294 g/mol. The van der Waals surface area contributed by atoms with Gasteiger partial charge in [-0.1, -0.05) is 11.8 Å². The first-order valence-corrected chi connectivity index (χ1v) is 7.78. The second-order valence-electron chi connectivity index (χ2n) is 6.04. The Kier molecular flexibility index (Phi) is 3.52. The Bertz CT molecular complexity index is 817. The molecule has 2 aliphatic heterocycles. The zero-order chi connectivity index (χ0) is 15.8. The minimum atomic E-state index is -0.220. The number of aliphatic hydroxyl groups is 1. The van der Waals surface area contributed by atoms with Crippen molar-refractivity contribution in [1.82, 2.24) is 15.6 Å². The lowest BCUT2D eigenvalue weighted by Gasteiger charge is -2.21. The number of carbonyl (C=O) groups excluding carboxylic acids is 1. The molecule has 23 heavy (non-hydrogen) atoms. The van der Waals surface area contributed by atoms with E-state index in [4.69, 9.17) is 9.52 Å². The molecule has 0 aromatic carbocycles. The van der Waals surface area contributed by atoms with Crippen LogP contribution in [0.2, 0.25) is 0 Å². The summed E-state index contributed by atoms with van der Waals surface area (Å²) in [5.41, 5.74) is 1.58. The third-order valence-corrected chi connectivity index (χ3v) is 4.61. The highest BCUT2D eigenvalue weighted by atomic mass is 16.3. The van der Waals surface area contributed by atoms with Crippen LogP contribution >= 0.6 is 0 Å². The highest BCUT2D eigenvalue weighted by Gasteiger charge is 2.39. The average Bonchev–Trinajstić information content (AvgIpc) is 3.27. The van der Waals surface area contributed by atoms with E-state index in [1.165, 1.54) is 18.9 Å². The number of carbonyl (C=O) groups is 1. The Morgan fingerprint density at radius 1 is 1.52 bits per heavy atom. The van der Waals surface area contributed by atoms with Crippen molar-refractivity contribution < 1.29 is 14.3 Å². The summed E-state index contributed by atoms with van der Waals surface area (Å²) < 4.78 is 5.37. The highest BCUT2D eigenvalue weighted by Crippen LogP contribution is 2.28. The van der Waals surface area contributed by atoms with Gasteiger partial charge in [0.15, 0.2) is 5.58 Å². The van der Waals surface area contributed by atoms with Crippen molar-refractivity contribution in [2.24, 2.45) is 0 Å². The third-order valence-electron chi connectivity index (χ3n) is 4.61. The summed E-state index contributed by atoms with van der Waals surface area (Å²) >= 11 is 0. The molecule has 2 aromatic heterocycles. The van der Waals surface area contributed by atoms with E-state index in [0.29, 0.717) is 28.9 Å². The van der Waals surface area contributed by atoms with Crippen LogP contribution in [0.3, 0.4) is 0 Å². The van der Waals surface area contributed by atoms with Gasteiger partial charge >= 0.3 is 0 Å². The fourth-order valence-electron chi connectivity index (χ4n) is 3.51. The maximum atomic E-state index is 12.5. The third kappa shape index (κ3) is 2.58. The lowest BCUT2D eigenvalue weighted by Crippen LogP contribution is -2.43. The molecule has 118 valence electrons. The molecule has 4 rings (SSSR count). The number of amides is 1. The molecule has 6 heteroatoms. The number of fused-ring (bicyclic) bond motifs is 3. The smallest absolute Gasteiger partial charge is 0.270 e. The van der Waals surface area contributed by atoms with Crippen LogP contribution < -0.4 is 10.6 Å². The molecule has 0 radical (unpaired) electrons. The summed E-state index contributed by atoms with van der Waals surface area (Å²) in [6.45, 7) is -0.220. The Hall–Kier alpha value is -2.36. The van der Waals surface area contributed by atoms with Gasteiger partial charge in [-0.2, -0.15) is 0 Å². The topological polar surface area (TPSA) is 87.4 Å². The largest absolute Gasteiger partial charge is 0.461 e. The van der Waals surface area contributed by atoms with E-state index in [1.807, 2.05) is 0 Å². The second kappa shape index (κ2) is 5.69. The first-order valence-electron chi connectivity index (χ1n) is 7.78. The van der Waals surface area contributed by atoms with E-state index in [0.717, 1.165) is 18.2 Å². The van der Waals surface area contributed by atoms with Crippen LogP contribution in [0.4, 0.5) is 0 Å². The van der Waals surface area contributed by atoms with Crippen molar-refractivity contribution in [3.63, 3.8) is 0 Å². The summed E-state index contributed by atoms with van der Waals surface area (Å²) in [6, 6.07) is 2.79. The molecule has 1 amide bonds. The number of aliphatic hydroxyl groups excluding tert-OH is 1. The van der Waals surface area contributed by atoms with E-state index >= 15 is 0 Å². The van der Waals surface area contributed by atoms with E-state index in [2.05, 4.69) is 27.5 Å². The predicted molar refractivity (Wildman–Crippen MR) is 83.8 cm³/mol. The van der Waals surface area contributed by atoms with Crippen LogP contribution in [0.1, 0.15) is 35.3 Å². The van der Waals surface area contributed by atoms with Crippen molar-refractivity contribution in [3.8, 4) is 11.8 Å². The number of pyridine rings is 1. The van der Waals surface area contributed by atoms with Gasteiger partial charge in [0.25, 0.3) is 5.91 Å². The van der Waals surface area contributed by atoms with Crippen molar-refractivity contribution >= 4 is 16.9 Å². The van der Waals surface area contributed by atoms with Gasteiger partial charge in [-0.25, -0.2) is 4.98 Å². The quantitative estimate of drug-likeness (QED) is 0.714. The second-order valence-corrected chi connectivity index (χ2v) is 6.04. The minimum absolute atomic E-state index is 0.173. The molecule has 3 atom stereocenters. The van der Waals surface area contributed by atoms with Crippen molar-refractivity contribution in [1.29, 1.82) is 0 Å². The van der Waals surface area contributed by atoms with Gasteiger partial charge in [-0.15, -0.1) is 0 Å². The molecule has 3 N–H and O–H groups in total. The Labute approximate surface area is 133 Å². The molecule has 2 aromatic rings. The lowest BCUT2D eigenvalue weighted by atomic mass is 9.95. The summed E-state index contributed by atoms with van der Waals surface area (Å²) in [7, 11) is 0. The van der Waals surface area contributed by atoms with Crippen LogP contribution in [0.5, 0.6) is 0 Å². The zero-order valence-electron chi connectivity index (χ0n) is 12.5. The summed E-state index contributed by atoms with van der Waals surface area (Å²) in [5.74, 6) is 5.23. The number of hydrogen-bond donors (Lipinski definition) is 3. The Morgan fingerprint density at radius 2 is 2.43 bits per heavy atom. The van der Waals surface area contributed by atoms with Crippen LogP contribution in [0, 0.1) is 11.8 Å². The number of hydrogen-bond acceptors (Lipinski definition) is 5. The Morgan fingerprint density at radius 3 is 3.17 bits per heavy atom. The first-order chi connectivity index (χ1) is 11.2. The van der Waals surface area contributed by atoms with Crippen LogP contribution in [0.15, 0.2) is 22.9 Å². The van der Waals surface area contributed by atoms with Crippen LogP contribution in [-0.2, 0) is 0 Å². The maximum Gasteiger partial charge on any atom is 0.270 e. The fraction of sp³-hybridized carbons (Fsp3) is 0.412. The first kappa shape index (κ1) is 14.2. The maximum absolute atomic E-state index is 12.5. The van der Waals surface area contributed by atoms with Gasteiger partial charge in [0.2, 0.25) is 0 Å². The molecule has 4 heterocycles. The van der Waals surface area contributed by atoms with E-state index in [1.54, 1.807) is 6.07 Å². The molecule has 2 bridgehead atoms. The van der Waals surface area contributed by atoms with Crippen LogP contribution in [0.25, 0.3) is 11.0 Å². The van der Waals surface area contributed by atoms with Gasteiger partial charge in [-0.05, 0) is 25.3 Å². The predicted octanol–water partition coefficient (Wildman–Crippen LogP) is 0.794. The molecule has 0 saturated carbocycles. The SMILES string of the molecule is O=C(N[C@@H]1C[C@H]2CC[C@@H]1N2)c1cc2c(C#CCO)coc2cn1. The number of nitrogens with zero attached hydrogens (tertiary/aromatic N) is 1. The molecule has 2 fully saturated rings. The van der Waals surface area contributed by atoms with Crippen molar-refractivity contribution in [3.05, 3.63) is 29.8 Å². The minimum Gasteiger partial charge on any atom is -0.461 e. The molecule has 2 aliphatic rings. The van der Waals surface area contributed by atoms with Crippen molar-refractivity contribution in [2.45, 2.75) is 37.4 Å². The highest BCUT2D eigenvalue weighted by molar-refractivity contribution is 5.97. The summed E-state index contributed by atoms with van der Waals surface area (Å²) in [4.78, 5) is 16.6. The number of nitrogens with one attached hydrogen (secondary N) is 2. The molecule has 0 unspecified atom stereocenters. The van der Waals surface area contributed by atoms with Gasteiger partial charge in [0, 0.05) is 23.5 Å². The van der Waals surface area contributed by atoms with Gasteiger partial charge in [-0.3, -0.25) is 4.79 Å². The summed E-state index contributed by atoms with van der Waals surface area (Å²) in [5, 5.41) is 16.1. The summed E-state index contributed by atoms with van der Waals surface area (Å²) in [6.07, 6.45) is 6.34. The van der Waals surface area contributed by atoms with E-state index in [9.17, 15) is 4.79 Å². The van der Waals surface area contributed by atoms with Gasteiger partial charge < -0.3 is 20.2 Å². The zero-order valence-corrected chi connectivity index (χ0v) is 12.5. The standard InChI is InChI=1S/C17H17N3O3/c21-5-1-2-10-9-23-16-8-18-15(7-12(10)16)17(22)20-14-6-11-3-4-13(14)19-11/h7-9,11,13-14,19,21H,3-6H2,(H,20,22)/t11-,13+,14-/m1/s1. The monoisotopic (exact) mass is 311 g/mol. The molecular formula is C17H17N3O3. The normalized spacial score (nSPS) is 25.3. The van der Waals surface area contributed by atoms with E-state index in [-0.39, 0.29) is 18.6 Å². The number of rotatable bonds is 2. The number of aromatic nitrogens is 1. The lowest BCUT2D eigenvalue weighted by molar-refractivity contribution is 0.0926. The fourth-order valence-corrected chi connectivity index (χ4v) is 3.51.